The van der Waals surface area contributed by atoms with E-state index < -0.39 is 29.0 Å². The number of rotatable bonds is 4. The highest BCUT2D eigenvalue weighted by molar-refractivity contribution is 5.97. The molecule has 7 nitrogen and oxygen atoms in total. The molecular formula is C22H29F2N5O2. The van der Waals surface area contributed by atoms with Crippen molar-refractivity contribution in [2.24, 2.45) is 5.41 Å². The number of fused-ring (bicyclic) bond motifs is 1. The molecule has 0 spiro atoms. The largest absolute Gasteiger partial charge is 0.357 e. The lowest BCUT2D eigenvalue weighted by Crippen LogP contribution is -2.53. The molecule has 168 valence electrons. The van der Waals surface area contributed by atoms with Crippen molar-refractivity contribution in [3.63, 3.8) is 0 Å². The number of carbonyl (C=O) groups is 2. The molecule has 1 aromatic carbocycles. The van der Waals surface area contributed by atoms with Crippen LogP contribution in [0, 0.1) is 17.0 Å². The zero-order valence-electron chi connectivity index (χ0n) is 18.6. The van der Waals surface area contributed by atoms with Crippen molar-refractivity contribution in [2.75, 3.05) is 20.6 Å². The first-order chi connectivity index (χ1) is 14.5. The third kappa shape index (κ3) is 4.76. The number of aromatic nitrogens is 2. The van der Waals surface area contributed by atoms with E-state index in [4.69, 9.17) is 0 Å². The zero-order chi connectivity index (χ0) is 22.9. The first-order valence-corrected chi connectivity index (χ1v) is 10.3. The molecular weight excluding hydrogens is 404 g/mol. The van der Waals surface area contributed by atoms with Crippen LogP contribution in [0.2, 0.25) is 0 Å². The van der Waals surface area contributed by atoms with E-state index in [0.717, 1.165) is 36.4 Å². The number of carbonyl (C=O) groups excluding carboxylic acids is 2. The summed E-state index contributed by atoms with van der Waals surface area (Å²) in [6.07, 6.45) is 1.47. The van der Waals surface area contributed by atoms with E-state index in [-0.39, 0.29) is 11.6 Å². The Kier molecular flexibility index (Phi) is 6.45. The highest BCUT2D eigenvalue weighted by atomic mass is 19.2. The first-order valence-electron chi connectivity index (χ1n) is 10.3. The van der Waals surface area contributed by atoms with Crippen molar-refractivity contribution in [3.8, 4) is 5.69 Å². The van der Waals surface area contributed by atoms with Crippen LogP contribution in [0.4, 0.5) is 8.78 Å². The predicted octanol–water partition coefficient (Wildman–Crippen LogP) is 2.42. The summed E-state index contributed by atoms with van der Waals surface area (Å²) < 4.78 is 28.9. The lowest BCUT2D eigenvalue weighted by molar-refractivity contribution is -0.124. The molecule has 31 heavy (non-hydrogen) atoms. The van der Waals surface area contributed by atoms with Crippen LogP contribution in [0.3, 0.4) is 0 Å². The second-order valence-electron chi connectivity index (χ2n) is 9.01. The maximum atomic E-state index is 13.9. The monoisotopic (exact) mass is 433 g/mol. The average Bonchev–Trinajstić information content (AvgIpc) is 2.93. The highest BCUT2D eigenvalue weighted by Crippen LogP contribution is 2.26. The minimum absolute atomic E-state index is 0.187. The molecule has 2 heterocycles. The van der Waals surface area contributed by atoms with Gasteiger partial charge in [0.15, 0.2) is 17.3 Å². The fraction of sp³-hybridized carbons (Fsp3) is 0.500. The quantitative estimate of drug-likeness (QED) is 0.776. The van der Waals surface area contributed by atoms with Gasteiger partial charge in [0.05, 0.1) is 5.69 Å². The normalized spacial score (nSPS) is 15.7. The Morgan fingerprint density at radius 1 is 1.19 bits per heavy atom. The van der Waals surface area contributed by atoms with Crippen molar-refractivity contribution in [2.45, 2.75) is 46.2 Å². The van der Waals surface area contributed by atoms with Crippen molar-refractivity contribution in [3.05, 3.63) is 46.8 Å². The Hall–Kier alpha value is -2.81. The van der Waals surface area contributed by atoms with E-state index in [9.17, 15) is 18.4 Å². The number of halogens is 2. The summed E-state index contributed by atoms with van der Waals surface area (Å²) in [6, 6.07) is 2.78. The van der Waals surface area contributed by atoms with E-state index >= 15 is 0 Å². The SMILES string of the molecule is CNC(=O)[C@@H](NC(=O)c1nn(-c2ccc(F)c(F)c2)c2c1CN(C)CCC2)C(C)(C)C. The lowest BCUT2D eigenvalue weighted by atomic mass is 9.86. The standard InChI is InChI=1S/C22H29F2N5O2/c1-22(2,3)19(21(31)25-4)26-20(30)18-14-12-28(5)10-6-7-17(14)29(27-18)13-8-9-15(23)16(24)11-13/h8-9,11,19H,6-7,10,12H2,1-5H3,(H,25,31)(H,26,30)/t19-/m1/s1. The van der Waals surface area contributed by atoms with Crippen LogP contribution in [0.15, 0.2) is 18.2 Å². The zero-order valence-corrected chi connectivity index (χ0v) is 18.6. The summed E-state index contributed by atoms with van der Waals surface area (Å²) in [5.74, 6) is -2.70. The second-order valence-corrected chi connectivity index (χ2v) is 9.01. The van der Waals surface area contributed by atoms with Gasteiger partial charge in [-0.3, -0.25) is 9.59 Å². The molecule has 0 saturated carbocycles. The summed E-state index contributed by atoms with van der Waals surface area (Å²) in [4.78, 5) is 27.7. The molecule has 9 heteroatoms. The van der Waals surface area contributed by atoms with Gasteiger partial charge in [0.25, 0.3) is 5.91 Å². The number of nitrogens with one attached hydrogen (secondary N) is 2. The molecule has 0 aliphatic carbocycles. The number of hydrogen-bond acceptors (Lipinski definition) is 4. The molecule has 1 atom stereocenters. The Morgan fingerprint density at radius 3 is 2.52 bits per heavy atom. The van der Waals surface area contributed by atoms with Crippen molar-refractivity contribution in [1.82, 2.24) is 25.3 Å². The third-order valence-corrected chi connectivity index (χ3v) is 5.48. The Bertz CT molecular complexity index is 997. The number of likely N-dealkylation sites (N-methyl/N-ethyl adjacent to an activating group) is 1. The summed E-state index contributed by atoms with van der Waals surface area (Å²) >= 11 is 0. The molecule has 0 radical (unpaired) electrons. The van der Waals surface area contributed by atoms with Gasteiger partial charge < -0.3 is 15.5 Å². The molecule has 1 aliphatic rings. The number of amides is 2. The smallest absolute Gasteiger partial charge is 0.272 e. The molecule has 0 fully saturated rings. The lowest BCUT2D eigenvalue weighted by Gasteiger charge is -2.29. The van der Waals surface area contributed by atoms with Crippen LogP contribution >= 0.6 is 0 Å². The van der Waals surface area contributed by atoms with Crippen LogP contribution in [0.5, 0.6) is 0 Å². The summed E-state index contributed by atoms with van der Waals surface area (Å²) in [5.41, 5.74) is 1.52. The van der Waals surface area contributed by atoms with Gasteiger partial charge in [-0.2, -0.15) is 5.10 Å². The first kappa shape index (κ1) is 22.9. The van der Waals surface area contributed by atoms with Crippen LogP contribution in [0.1, 0.15) is 48.9 Å². The molecule has 3 rings (SSSR count). The fourth-order valence-electron chi connectivity index (χ4n) is 3.81. The molecule has 0 bridgehead atoms. The molecule has 0 saturated heterocycles. The van der Waals surface area contributed by atoms with E-state index in [1.54, 1.807) is 0 Å². The molecule has 2 N–H and O–H groups in total. The molecule has 2 amide bonds. The number of benzene rings is 1. The van der Waals surface area contributed by atoms with Gasteiger partial charge >= 0.3 is 0 Å². The van der Waals surface area contributed by atoms with E-state index in [0.29, 0.717) is 18.7 Å². The van der Waals surface area contributed by atoms with Crippen molar-refractivity contribution >= 4 is 11.8 Å². The number of hydrogen-bond donors (Lipinski definition) is 2. The van der Waals surface area contributed by atoms with Gasteiger partial charge in [-0.15, -0.1) is 0 Å². The van der Waals surface area contributed by atoms with Crippen LogP contribution in [-0.2, 0) is 17.8 Å². The Morgan fingerprint density at radius 2 is 1.90 bits per heavy atom. The summed E-state index contributed by atoms with van der Waals surface area (Å²) in [7, 11) is 3.47. The molecule has 0 unspecified atom stereocenters. The Labute approximate surface area is 180 Å². The fourth-order valence-corrected chi connectivity index (χ4v) is 3.81. The van der Waals surface area contributed by atoms with Crippen LogP contribution in [0.25, 0.3) is 5.69 Å². The van der Waals surface area contributed by atoms with Gasteiger partial charge in [-0.25, -0.2) is 13.5 Å². The maximum Gasteiger partial charge on any atom is 0.272 e. The Balaban J connectivity index is 2.07. The van der Waals surface area contributed by atoms with E-state index in [2.05, 4.69) is 20.6 Å². The number of nitrogens with zero attached hydrogens (tertiary/aromatic N) is 3. The molecule has 1 aliphatic heterocycles. The van der Waals surface area contributed by atoms with E-state index in [1.807, 2.05) is 27.8 Å². The maximum absolute atomic E-state index is 13.9. The molecule has 1 aromatic heterocycles. The van der Waals surface area contributed by atoms with Crippen LogP contribution in [-0.4, -0.2) is 53.2 Å². The van der Waals surface area contributed by atoms with Crippen molar-refractivity contribution in [1.29, 1.82) is 0 Å². The summed E-state index contributed by atoms with van der Waals surface area (Å²) in [5, 5.41) is 9.89. The van der Waals surface area contributed by atoms with Crippen molar-refractivity contribution < 1.29 is 18.4 Å². The highest BCUT2D eigenvalue weighted by Gasteiger charge is 2.34. The van der Waals surface area contributed by atoms with Gasteiger partial charge in [0, 0.05) is 30.9 Å². The average molecular weight is 434 g/mol. The van der Waals surface area contributed by atoms with Gasteiger partial charge in [-0.1, -0.05) is 20.8 Å². The van der Waals surface area contributed by atoms with Gasteiger partial charge in [0.2, 0.25) is 5.91 Å². The van der Waals surface area contributed by atoms with Gasteiger partial charge in [-0.05, 0) is 44.0 Å². The minimum atomic E-state index is -0.981. The third-order valence-electron chi connectivity index (χ3n) is 5.48. The predicted molar refractivity (Wildman–Crippen MR) is 113 cm³/mol. The topological polar surface area (TPSA) is 79.3 Å². The summed E-state index contributed by atoms with van der Waals surface area (Å²) in [6.45, 7) is 6.91. The second kappa shape index (κ2) is 8.74. The van der Waals surface area contributed by atoms with Gasteiger partial charge in [0.1, 0.15) is 6.04 Å². The van der Waals surface area contributed by atoms with E-state index in [1.165, 1.54) is 17.8 Å². The minimum Gasteiger partial charge on any atom is -0.357 e. The molecule has 2 aromatic rings. The van der Waals surface area contributed by atoms with Crippen LogP contribution < -0.4 is 10.6 Å².